The number of amides is 1. The maximum atomic E-state index is 13.1. The molecule has 4 rings (SSSR count). The number of hydrogen-bond acceptors (Lipinski definition) is 5. The van der Waals surface area contributed by atoms with Crippen molar-refractivity contribution in [3.63, 3.8) is 0 Å². The number of nitrogens with one attached hydrogen (secondary N) is 1. The summed E-state index contributed by atoms with van der Waals surface area (Å²) in [6.07, 6.45) is 0. The molecule has 1 N–H and O–H groups in total. The Bertz CT molecular complexity index is 1250. The van der Waals surface area contributed by atoms with Crippen molar-refractivity contribution in [2.75, 3.05) is 11.1 Å². The van der Waals surface area contributed by atoms with Crippen LogP contribution in [0.1, 0.15) is 0 Å². The van der Waals surface area contributed by atoms with Gasteiger partial charge in [-0.2, -0.15) is 0 Å². The first kappa shape index (κ1) is 20.0. The second kappa shape index (κ2) is 8.59. The monoisotopic (exact) mass is 461 g/mol. The highest BCUT2D eigenvalue weighted by molar-refractivity contribution is 7.99. The van der Waals surface area contributed by atoms with Crippen LogP contribution in [-0.2, 0) is 4.79 Å². The van der Waals surface area contributed by atoms with Crippen LogP contribution in [0.2, 0.25) is 10.0 Å². The number of halogens is 2. The molecule has 0 unspecified atom stereocenters. The average Bonchev–Trinajstić information content (AvgIpc) is 3.17. The van der Waals surface area contributed by atoms with Gasteiger partial charge in [0.05, 0.1) is 17.0 Å². The van der Waals surface area contributed by atoms with Gasteiger partial charge < -0.3 is 5.32 Å². The molecule has 1 amide bonds. The molecular weight excluding hydrogens is 449 g/mol. The van der Waals surface area contributed by atoms with Crippen molar-refractivity contribution in [3.8, 4) is 5.69 Å². The van der Waals surface area contributed by atoms with Crippen molar-refractivity contribution in [1.82, 2.24) is 9.55 Å². The molecule has 146 valence electrons. The van der Waals surface area contributed by atoms with Crippen molar-refractivity contribution in [2.24, 2.45) is 0 Å². The Balaban J connectivity index is 1.64. The van der Waals surface area contributed by atoms with Gasteiger partial charge in [-0.3, -0.25) is 14.2 Å². The molecule has 2 heterocycles. The summed E-state index contributed by atoms with van der Waals surface area (Å²) >= 11 is 14.5. The molecule has 0 bridgehead atoms. The van der Waals surface area contributed by atoms with Crippen LogP contribution in [0.25, 0.3) is 15.9 Å². The zero-order valence-electron chi connectivity index (χ0n) is 14.8. The lowest BCUT2D eigenvalue weighted by atomic mass is 10.3. The fourth-order valence-corrected chi connectivity index (χ4v) is 4.57. The molecule has 5 nitrogen and oxygen atoms in total. The van der Waals surface area contributed by atoms with Gasteiger partial charge >= 0.3 is 0 Å². The summed E-state index contributed by atoms with van der Waals surface area (Å²) in [5, 5.41) is 6.15. The number of fused-ring (bicyclic) bond motifs is 1. The van der Waals surface area contributed by atoms with E-state index in [9.17, 15) is 9.59 Å². The number of benzene rings is 2. The first-order valence-corrected chi connectivity index (χ1v) is 11.1. The van der Waals surface area contributed by atoms with Crippen molar-refractivity contribution < 1.29 is 4.79 Å². The summed E-state index contributed by atoms with van der Waals surface area (Å²) in [5.41, 5.74) is 1.67. The topological polar surface area (TPSA) is 64.0 Å². The third-order valence-electron chi connectivity index (χ3n) is 3.98. The van der Waals surface area contributed by atoms with Gasteiger partial charge in [0.15, 0.2) is 5.16 Å². The minimum atomic E-state index is -0.213. The van der Waals surface area contributed by atoms with E-state index >= 15 is 0 Å². The van der Waals surface area contributed by atoms with Gasteiger partial charge in [0, 0.05) is 15.7 Å². The highest BCUT2D eigenvalue weighted by Gasteiger charge is 2.16. The average molecular weight is 462 g/mol. The number of rotatable bonds is 5. The molecule has 2 aromatic heterocycles. The molecule has 29 heavy (non-hydrogen) atoms. The molecule has 0 spiro atoms. The van der Waals surface area contributed by atoms with Crippen molar-refractivity contribution in [3.05, 3.63) is 80.4 Å². The largest absolute Gasteiger partial charge is 0.325 e. The summed E-state index contributed by atoms with van der Waals surface area (Å²) in [7, 11) is 0. The van der Waals surface area contributed by atoms with Crippen LogP contribution < -0.4 is 10.9 Å². The number of carbonyl (C=O) groups is 1. The number of thiophene rings is 1. The van der Waals surface area contributed by atoms with Gasteiger partial charge in [-0.1, -0.05) is 41.0 Å². The molecule has 0 aliphatic rings. The van der Waals surface area contributed by atoms with Gasteiger partial charge in [-0.15, -0.1) is 11.3 Å². The Hall–Kier alpha value is -2.32. The summed E-state index contributed by atoms with van der Waals surface area (Å²) in [5.74, 6) is -0.125. The van der Waals surface area contributed by atoms with Gasteiger partial charge in [-0.25, -0.2) is 4.98 Å². The highest BCUT2D eigenvalue weighted by atomic mass is 35.5. The van der Waals surface area contributed by atoms with E-state index in [1.165, 1.54) is 27.7 Å². The lowest BCUT2D eigenvalue weighted by Crippen LogP contribution is -2.22. The highest BCUT2D eigenvalue weighted by Crippen LogP contribution is 2.25. The molecule has 4 aromatic rings. The number of aromatic nitrogens is 2. The predicted molar refractivity (Wildman–Crippen MR) is 121 cm³/mol. The Morgan fingerprint density at radius 2 is 1.90 bits per heavy atom. The second-order valence-electron chi connectivity index (χ2n) is 5.99. The summed E-state index contributed by atoms with van der Waals surface area (Å²) in [4.78, 5) is 30.0. The van der Waals surface area contributed by atoms with E-state index in [-0.39, 0.29) is 17.2 Å². The minimum Gasteiger partial charge on any atom is -0.325 e. The Morgan fingerprint density at radius 1 is 1.10 bits per heavy atom. The Labute approximate surface area is 184 Å². The number of carbonyl (C=O) groups excluding carboxylic acids is 1. The molecular formula is C20H13Cl2N3O2S2. The van der Waals surface area contributed by atoms with E-state index in [0.29, 0.717) is 36.8 Å². The van der Waals surface area contributed by atoms with Crippen molar-refractivity contribution in [1.29, 1.82) is 0 Å². The van der Waals surface area contributed by atoms with Gasteiger partial charge in [0.1, 0.15) is 4.70 Å². The molecule has 0 saturated carbocycles. The molecule has 0 aliphatic heterocycles. The predicted octanol–water partition coefficient (Wildman–Crippen LogP) is 5.48. The van der Waals surface area contributed by atoms with Crippen molar-refractivity contribution >= 4 is 68.1 Å². The lowest BCUT2D eigenvalue weighted by molar-refractivity contribution is -0.113. The maximum absolute atomic E-state index is 13.1. The summed E-state index contributed by atoms with van der Waals surface area (Å²) < 4.78 is 2.05. The molecule has 0 saturated heterocycles. The second-order valence-corrected chi connectivity index (χ2v) is 8.73. The minimum absolute atomic E-state index is 0.0886. The van der Waals surface area contributed by atoms with Gasteiger partial charge in [-0.05, 0) is 53.9 Å². The van der Waals surface area contributed by atoms with Crippen LogP contribution >= 0.6 is 46.3 Å². The molecule has 2 aromatic carbocycles. The normalized spacial score (nSPS) is 11.0. The number of hydrogen-bond donors (Lipinski definition) is 1. The fourth-order valence-electron chi connectivity index (χ4n) is 2.69. The third kappa shape index (κ3) is 4.48. The SMILES string of the molecule is O=C(CSc1nc2ccsc2c(=O)n1-c1cccc(Cl)c1)Nc1ccc(Cl)cc1. The van der Waals surface area contributed by atoms with Crippen LogP contribution in [0, 0.1) is 0 Å². The van der Waals surface area contributed by atoms with Crippen LogP contribution in [0.5, 0.6) is 0 Å². The van der Waals surface area contributed by atoms with E-state index in [2.05, 4.69) is 10.3 Å². The molecule has 0 atom stereocenters. The Kier molecular flexibility index (Phi) is 5.91. The zero-order valence-corrected chi connectivity index (χ0v) is 17.9. The third-order valence-corrected chi connectivity index (χ3v) is 6.29. The van der Waals surface area contributed by atoms with E-state index in [1.54, 1.807) is 54.6 Å². The smallest absolute Gasteiger partial charge is 0.276 e. The van der Waals surface area contributed by atoms with Gasteiger partial charge in [0.25, 0.3) is 5.56 Å². The molecule has 0 aliphatic carbocycles. The van der Waals surface area contributed by atoms with E-state index < -0.39 is 0 Å². The van der Waals surface area contributed by atoms with E-state index in [4.69, 9.17) is 23.2 Å². The van der Waals surface area contributed by atoms with E-state index in [0.717, 1.165) is 0 Å². The molecule has 0 radical (unpaired) electrons. The van der Waals surface area contributed by atoms with Crippen molar-refractivity contribution in [2.45, 2.75) is 5.16 Å². The number of nitrogens with zero attached hydrogens (tertiary/aromatic N) is 2. The Morgan fingerprint density at radius 3 is 2.66 bits per heavy atom. The van der Waals surface area contributed by atoms with E-state index in [1.807, 2.05) is 5.38 Å². The summed E-state index contributed by atoms with van der Waals surface area (Å²) in [6.45, 7) is 0. The number of anilines is 1. The quantitative estimate of drug-likeness (QED) is 0.315. The maximum Gasteiger partial charge on any atom is 0.276 e. The number of thioether (sulfide) groups is 1. The lowest BCUT2D eigenvalue weighted by Gasteiger charge is -2.12. The zero-order chi connectivity index (χ0) is 20.4. The van der Waals surface area contributed by atoms with Crippen LogP contribution in [0.4, 0.5) is 5.69 Å². The first-order chi connectivity index (χ1) is 14.0. The van der Waals surface area contributed by atoms with Crippen LogP contribution in [0.3, 0.4) is 0 Å². The van der Waals surface area contributed by atoms with Crippen LogP contribution in [0.15, 0.2) is 69.9 Å². The fraction of sp³-hybridized carbons (Fsp3) is 0.0500. The molecule has 9 heteroatoms. The standard InChI is InChI=1S/C20H13Cl2N3O2S2/c21-12-4-6-14(7-5-12)23-17(26)11-29-20-24-16-8-9-28-18(16)19(27)25(20)15-3-1-2-13(22)10-15/h1-10H,11H2,(H,23,26). The summed E-state index contributed by atoms with van der Waals surface area (Å²) in [6, 6.07) is 15.6. The first-order valence-electron chi connectivity index (χ1n) is 8.46. The molecule has 0 fully saturated rings. The van der Waals surface area contributed by atoms with Gasteiger partial charge in [0.2, 0.25) is 5.91 Å². The van der Waals surface area contributed by atoms with Crippen LogP contribution in [-0.4, -0.2) is 21.2 Å².